The van der Waals surface area contributed by atoms with Crippen LogP contribution in [0.15, 0.2) is 84.9 Å². The van der Waals surface area contributed by atoms with Gasteiger partial charge in [-0.1, -0.05) is 78.9 Å². The highest BCUT2D eigenvalue weighted by molar-refractivity contribution is 6.36. The van der Waals surface area contributed by atoms with E-state index in [2.05, 4.69) is 84.9 Å². The van der Waals surface area contributed by atoms with Crippen molar-refractivity contribution in [2.75, 3.05) is 0 Å². The van der Waals surface area contributed by atoms with Crippen molar-refractivity contribution < 1.29 is 0 Å². The van der Waals surface area contributed by atoms with Gasteiger partial charge in [-0.15, -0.1) is 0 Å². The lowest BCUT2D eigenvalue weighted by atomic mass is 9.88. The van der Waals surface area contributed by atoms with Gasteiger partial charge in [0.25, 0.3) is 0 Å². The number of hydrogen-bond acceptors (Lipinski definition) is 0. The first-order valence-corrected chi connectivity index (χ1v) is 8.39. The van der Waals surface area contributed by atoms with Crippen LogP contribution in [-0.2, 0) is 0 Å². The summed E-state index contributed by atoms with van der Waals surface area (Å²) in [6, 6.07) is 31.1. The molecule has 0 heteroatoms. The highest BCUT2D eigenvalue weighted by atomic mass is 14.2. The van der Waals surface area contributed by atoms with E-state index in [0.29, 0.717) is 0 Å². The Morgan fingerprint density at radius 3 is 1.62 bits per heavy atom. The fourth-order valence-corrected chi connectivity index (χ4v) is 4.39. The molecule has 0 saturated carbocycles. The minimum absolute atomic E-state index is 1.31. The van der Waals surface area contributed by atoms with Gasteiger partial charge in [0.15, 0.2) is 0 Å². The predicted octanol–water partition coefficient (Wildman–Crippen LogP) is 6.89. The first-order chi connectivity index (χ1) is 11.9. The van der Waals surface area contributed by atoms with Crippen LogP contribution in [0.1, 0.15) is 0 Å². The van der Waals surface area contributed by atoms with E-state index in [1.54, 1.807) is 0 Å². The molecule has 0 fully saturated rings. The third kappa shape index (κ3) is 1.39. The van der Waals surface area contributed by atoms with E-state index in [0.717, 1.165) is 0 Å². The van der Waals surface area contributed by atoms with Crippen LogP contribution >= 0.6 is 0 Å². The molecule has 0 N–H and O–H groups in total. The fourth-order valence-electron chi connectivity index (χ4n) is 4.39. The van der Waals surface area contributed by atoms with Crippen molar-refractivity contribution in [2.24, 2.45) is 0 Å². The monoisotopic (exact) mass is 302 g/mol. The average Bonchev–Trinajstić information content (AvgIpc) is 2.65. The molecule has 110 valence electrons. The summed E-state index contributed by atoms with van der Waals surface area (Å²) in [4.78, 5) is 0. The molecule has 24 heavy (non-hydrogen) atoms. The van der Waals surface area contributed by atoms with E-state index in [9.17, 15) is 0 Å². The highest BCUT2D eigenvalue weighted by Crippen LogP contribution is 2.42. The van der Waals surface area contributed by atoms with Gasteiger partial charge in [-0.25, -0.2) is 0 Å². The second kappa shape index (κ2) is 4.24. The second-order valence-corrected chi connectivity index (χ2v) is 6.58. The number of benzene rings is 6. The summed E-state index contributed by atoms with van der Waals surface area (Å²) in [7, 11) is 0. The molecule has 6 aromatic carbocycles. The average molecular weight is 302 g/mol. The molecule has 0 spiro atoms. The van der Waals surface area contributed by atoms with E-state index < -0.39 is 0 Å². The fraction of sp³-hybridized carbons (Fsp3) is 0. The maximum atomic E-state index is 2.37. The lowest BCUT2D eigenvalue weighted by Crippen LogP contribution is -1.87. The summed E-state index contributed by atoms with van der Waals surface area (Å²) in [5.41, 5.74) is 0. The van der Waals surface area contributed by atoms with E-state index in [1.165, 1.54) is 53.9 Å². The summed E-state index contributed by atoms with van der Waals surface area (Å²) < 4.78 is 0. The largest absolute Gasteiger partial charge is 0.0616 e. The molecule has 0 aliphatic rings. The predicted molar refractivity (Wildman–Crippen MR) is 105 cm³/mol. The highest BCUT2D eigenvalue weighted by Gasteiger charge is 2.13. The smallest absolute Gasteiger partial charge is 0.00199 e. The van der Waals surface area contributed by atoms with Crippen LogP contribution in [0.3, 0.4) is 0 Å². The quantitative estimate of drug-likeness (QED) is 0.212. The molecule has 0 aromatic heterocycles. The zero-order valence-corrected chi connectivity index (χ0v) is 13.1. The molecule has 0 bridgehead atoms. The molecule has 0 saturated heterocycles. The van der Waals surface area contributed by atoms with Crippen LogP contribution in [0.25, 0.3) is 53.9 Å². The Morgan fingerprint density at radius 1 is 0.333 bits per heavy atom. The van der Waals surface area contributed by atoms with Crippen LogP contribution < -0.4 is 0 Å². The molecular formula is C24H14. The molecule has 0 unspecified atom stereocenters. The van der Waals surface area contributed by atoms with Crippen molar-refractivity contribution in [3.05, 3.63) is 84.9 Å². The number of rotatable bonds is 0. The molecule has 0 amide bonds. The molecular weight excluding hydrogens is 288 g/mol. The van der Waals surface area contributed by atoms with Gasteiger partial charge in [-0.3, -0.25) is 0 Å². The Morgan fingerprint density at radius 2 is 0.833 bits per heavy atom. The van der Waals surface area contributed by atoms with Gasteiger partial charge in [0.05, 0.1) is 0 Å². The summed E-state index contributed by atoms with van der Waals surface area (Å²) in [6.45, 7) is 0. The maximum Gasteiger partial charge on any atom is -0.00199 e. The van der Waals surface area contributed by atoms with Gasteiger partial charge in [0.1, 0.15) is 0 Å². The molecule has 0 aliphatic carbocycles. The van der Waals surface area contributed by atoms with Crippen LogP contribution in [0, 0.1) is 0 Å². The zero-order valence-electron chi connectivity index (χ0n) is 13.1. The Kier molecular flexibility index (Phi) is 2.18. The van der Waals surface area contributed by atoms with Crippen LogP contribution in [0.4, 0.5) is 0 Å². The maximum absolute atomic E-state index is 2.37. The van der Waals surface area contributed by atoms with Crippen LogP contribution in [0.2, 0.25) is 0 Å². The number of hydrogen-bond donors (Lipinski definition) is 0. The van der Waals surface area contributed by atoms with Gasteiger partial charge in [-0.05, 0) is 59.9 Å². The van der Waals surface area contributed by atoms with Crippen molar-refractivity contribution in [1.29, 1.82) is 0 Å². The van der Waals surface area contributed by atoms with Crippen molar-refractivity contribution in [3.8, 4) is 0 Å². The number of fused-ring (bicyclic) bond motifs is 4. The zero-order chi connectivity index (χ0) is 15.7. The van der Waals surface area contributed by atoms with Gasteiger partial charge in [0.2, 0.25) is 0 Å². The Labute approximate surface area is 139 Å². The third-order valence-electron chi connectivity index (χ3n) is 5.37. The molecule has 0 aliphatic heterocycles. The normalized spacial score (nSPS) is 12.2. The van der Waals surface area contributed by atoms with Crippen LogP contribution in [0.5, 0.6) is 0 Å². The lowest BCUT2D eigenvalue weighted by molar-refractivity contribution is 1.78. The summed E-state index contributed by atoms with van der Waals surface area (Å²) in [5.74, 6) is 0. The first-order valence-electron chi connectivity index (χ1n) is 8.39. The second-order valence-electron chi connectivity index (χ2n) is 6.58. The topological polar surface area (TPSA) is 0 Å². The minimum Gasteiger partial charge on any atom is -0.0616 e. The molecule has 6 aromatic rings. The van der Waals surface area contributed by atoms with Crippen molar-refractivity contribution >= 4 is 53.9 Å². The third-order valence-corrected chi connectivity index (χ3v) is 5.37. The van der Waals surface area contributed by atoms with E-state index in [-0.39, 0.29) is 0 Å². The minimum atomic E-state index is 1.31. The van der Waals surface area contributed by atoms with Crippen molar-refractivity contribution in [2.45, 2.75) is 0 Å². The van der Waals surface area contributed by atoms with Crippen LogP contribution in [-0.4, -0.2) is 0 Å². The molecule has 6 rings (SSSR count). The Bertz CT molecular complexity index is 1380. The first kappa shape index (κ1) is 12.3. The Hall–Kier alpha value is -3.12. The molecule has 0 nitrogen and oxygen atoms in total. The van der Waals surface area contributed by atoms with E-state index in [1.807, 2.05) is 0 Å². The summed E-state index contributed by atoms with van der Waals surface area (Å²) >= 11 is 0. The Balaban J connectivity index is 2.10. The van der Waals surface area contributed by atoms with E-state index in [4.69, 9.17) is 0 Å². The van der Waals surface area contributed by atoms with Crippen molar-refractivity contribution in [3.63, 3.8) is 0 Å². The standard InChI is InChI=1S/C24H14/c1-2-9-17-16(6-1)14-22-21-11-4-8-15-7-3-10-19(23(15)21)20-13-5-12-18(17)24(20)22/h1-14H. The van der Waals surface area contributed by atoms with E-state index >= 15 is 0 Å². The summed E-state index contributed by atoms with van der Waals surface area (Å²) in [6.07, 6.45) is 0. The SMILES string of the molecule is c1ccc2c(c1)cc1c3cccc4cccc(c5cccc2c51)c43. The van der Waals surface area contributed by atoms with Crippen molar-refractivity contribution in [1.82, 2.24) is 0 Å². The van der Waals surface area contributed by atoms with Gasteiger partial charge in [0, 0.05) is 0 Å². The van der Waals surface area contributed by atoms with Gasteiger partial charge in [-0.2, -0.15) is 0 Å². The summed E-state index contributed by atoms with van der Waals surface area (Å²) in [5, 5.41) is 13.5. The molecule has 0 radical (unpaired) electrons. The van der Waals surface area contributed by atoms with Gasteiger partial charge < -0.3 is 0 Å². The lowest BCUT2D eigenvalue weighted by Gasteiger charge is -2.15. The molecule has 0 heterocycles. The molecule has 0 atom stereocenters. The van der Waals surface area contributed by atoms with Gasteiger partial charge >= 0.3 is 0 Å².